The standard InChI is InChI=1S/C6H3BN2OS/c7-6-9-3-1-2-8-5(10)4(3)11-6/h1-2H,(H,8,10). The molecule has 0 saturated carbocycles. The molecule has 2 heterocycles. The number of pyridine rings is 1. The van der Waals surface area contributed by atoms with Gasteiger partial charge in [0, 0.05) is 11.1 Å². The number of thiazole rings is 1. The first kappa shape index (κ1) is 6.60. The predicted octanol–water partition coefficient (Wildman–Crippen LogP) is -0.222. The maximum Gasteiger partial charge on any atom is 0.267 e. The van der Waals surface area contributed by atoms with Gasteiger partial charge in [-0.05, 0) is 6.07 Å². The van der Waals surface area contributed by atoms with Crippen LogP contribution < -0.4 is 10.5 Å². The number of fused-ring (bicyclic) bond motifs is 1. The van der Waals surface area contributed by atoms with E-state index in [1.807, 2.05) is 0 Å². The van der Waals surface area contributed by atoms with Crippen LogP contribution in [-0.2, 0) is 0 Å². The number of hydrogen-bond donors (Lipinski definition) is 1. The van der Waals surface area contributed by atoms with Gasteiger partial charge in [-0.1, -0.05) is 0 Å². The van der Waals surface area contributed by atoms with Gasteiger partial charge < -0.3 is 4.98 Å². The summed E-state index contributed by atoms with van der Waals surface area (Å²) in [6, 6.07) is 1.73. The van der Waals surface area contributed by atoms with Gasteiger partial charge in [0.05, 0.1) is 5.52 Å². The molecule has 2 aromatic heterocycles. The predicted molar refractivity (Wildman–Crippen MR) is 45.6 cm³/mol. The van der Waals surface area contributed by atoms with E-state index in [1.165, 1.54) is 11.3 Å². The fourth-order valence-electron chi connectivity index (χ4n) is 0.887. The lowest BCUT2D eigenvalue weighted by Gasteiger charge is -1.81. The van der Waals surface area contributed by atoms with E-state index in [0.29, 0.717) is 15.1 Å². The van der Waals surface area contributed by atoms with Crippen molar-refractivity contribution >= 4 is 34.3 Å². The maximum absolute atomic E-state index is 11.1. The molecule has 2 aromatic rings. The molecule has 3 nitrogen and oxygen atoms in total. The molecule has 0 aromatic carbocycles. The highest BCUT2D eigenvalue weighted by Gasteiger charge is 2.01. The number of aromatic amines is 1. The zero-order chi connectivity index (χ0) is 7.84. The Morgan fingerprint density at radius 3 is 3.18 bits per heavy atom. The molecule has 0 fully saturated rings. The lowest BCUT2D eigenvalue weighted by Crippen LogP contribution is -2.01. The average Bonchev–Trinajstić information content (AvgIpc) is 2.31. The molecule has 0 saturated heterocycles. The fraction of sp³-hybridized carbons (Fsp3) is 0. The highest BCUT2D eigenvalue weighted by atomic mass is 32.1. The number of nitrogens with one attached hydrogen (secondary N) is 1. The van der Waals surface area contributed by atoms with E-state index in [2.05, 4.69) is 9.97 Å². The minimum Gasteiger partial charge on any atom is -0.328 e. The summed E-state index contributed by atoms with van der Waals surface area (Å²) in [5.41, 5.74) is 0.535. The van der Waals surface area contributed by atoms with Crippen LogP contribution in [0.1, 0.15) is 0 Å². The second-order valence-electron chi connectivity index (χ2n) is 2.07. The van der Waals surface area contributed by atoms with Gasteiger partial charge in [-0.25, -0.2) is 0 Å². The first-order valence-electron chi connectivity index (χ1n) is 3.01. The van der Waals surface area contributed by atoms with Crippen LogP contribution in [0.5, 0.6) is 0 Å². The van der Waals surface area contributed by atoms with Crippen molar-refractivity contribution in [2.75, 3.05) is 0 Å². The topological polar surface area (TPSA) is 45.8 Å². The number of rotatable bonds is 0. The number of aromatic nitrogens is 2. The largest absolute Gasteiger partial charge is 0.328 e. The molecule has 0 aliphatic rings. The van der Waals surface area contributed by atoms with Crippen LogP contribution in [0.2, 0.25) is 0 Å². The van der Waals surface area contributed by atoms with E-state index in [1.54, 1.807) is 12.3 Å². The first-order chi connectivity index (χ1) is 5.27. The van der Waals surface area contributed by atoms with Crippen LogP contribution in [-0.4, -0.2) is 17.8 Å². The summed E-state index contributed by atoms with van der Waals surface area (Å²) in [5.74, 6) is 0. The summed E-state index contributed by atoms with van der Waals surface area (Å²) in [5, 5.41) is 0. The Balaban J connectivity index is 3.02. The van der Waals surface area contributed by atoms with E-state index in [9.17, 15) is 4.79 Å². The van der Waals surface area contributed by atoms with Crippen molar-refractivity contribution in [3.63, 3.8) is 0 Å². The van der Waals surface area contributed by atoms with Crippen LogP contribution in [0.25, 0.3) is 10.2 Å². The molecule has 0 bridgehead atoms. The van der Waals surface area contributed by atoms with Gasteiger partial charge in [-0.3, -0.25) is 9.78 Å². The van der Waals surface area contributed by atoms with Crippen LogP contribution in [0.15, 0.2) is 17.1 Å². The lowest BCUT2D eigenvalue weighted by atomic mass is 10.2. The van der Waals surface area contributed by atoms with Gasteiger partial charge in [0.15, 0.2) is 7.85 Å². The van der Waals surface area contributed by atoms with Gasteiger partial charge in [0.1, 0.15) is 4.70 Å². The molecule has 2 rings (SSSR count). The van der Waals surface area contributed by atoms with Crippen molar-refractivity contribution in [1.29, 1.82) is 0 Å². The SMILES string of the molecule is [B]c1nc2cc[nH]c(=O)c2s1. The van der Waals surface area contributed by atoms with Gasteiger partial charge in [-0.15, -0.1) is 11.3 Å². The summed E-state index contributed by atoms with van der Waals surface area (Å²) < 4.78 is 0.588. The summed E-state index contributed by atoms with van der Waals surface area (Å²) in [7, 11) is 5.41. The van der Waals surface area contributed by atoms with Gasteiger partial charge in [0.2, 0.25) is 0 Å². The third-order valence-corrected chi connectivity index (χ3v) is 2.23. The maximum atomic E-state index is 11.1. The molecule has 2 radical (unpaired) electrons. The van der Waals surface area contributed by atoms with Crippen LogP contribution >= 0.6 is 11.3 Å². The Bertz CT molecular complexity index is 447. The Morgan fingerprint density at radius 1 is 1.64 bits per heavy atom. The smallest absolute Gasteiger partial charge is 0.267 e. The zero-order valence-electron chi connectivity index (χ0n) is 5.50. The van der Waals surface area contributed by atoms with E-state index < -0.39 is 0 Å². The zero-order valence-corrected chi connectivity index (χ0v) is 6.31. The molecule has 0 aliphatic heterocycles. The van der Waals surface area contributed by atoms with Crippen molar-refractivity contribution in [3.8, 4) is 0 Å². The molecule has 5 heteroatoms. The van der Waals surface area contributed by atoms with Gasteiger partial charge >= 0.3 is 0 Å². The summed E-state index contributed by atoms with van der Waals surface area (Å²) in [4.78, 5) is 18.0. The number of H-pyrrole nitrogens is 1. The Kier molecular flexibility index (Phi) is 1.32. The molecule has 0 unspecified atom stereocenters. The molecule has 52 valence electrons. The summed E-state index contributed by atoms with van der Waals surface area (Å²) in [6.45, 7) is 0. The lowest BCUT2D eigenvalue weighted by molar-refractivity contribution is 1.28. The van der Waals surface area contributed by atoms with Crippen LogP contribution in [0.3, 0.4) is 0 Å². The number of hydrogen-bond acceptors (Lipinski definition) is 3. The first-order valence-corrected chi connectivity index (χ1v) is 3.83. The quantitative estimate of drug-likeness (QED) is 0.544. The third-order valence-electron chi connectivity index (χ3n) is 1.33. The second kappa shape index (κ2) is 2.20. The van der Waals surface area contributed by atoms with E-state index in [0.717, 1.165) is 0 Å². The van der Waals surface area contributed by atoms with Crippen LogP contribution in [0, 0.1) is 0 Å². The molecule has 1 N–H and O–H groups in total. The van der Waals surface area contributed by atoms with Gasteiger partial charge in [-0.2, -0.15) is 0 Å². The van der Waals surface area contributed by atoms with Crippen molar-refractivity contribution in [2.24, 2.45) is 0 Å². The minimum absolute atomic E-state index is 0.128. The van der Waals surface area contributed by atoms with E-state index in [-0.39, 0.29) is 5.56 Å². The van der Waals surface area contributed by atoms with Crippen LogP contribution in [0.4, 0.5) is 0 Å². The summed E-state index contributed by atoms with van der Waals surface area (Å²) in [6.07, 6.45) is 1.56. The molecular weight excluding hydrogens is 159 g/mol. The molecule has 0 spiro atoms. The normalized spacial score (nSPS) is 10.5. The monoisotopic (exact) mass is 162 g/mol. The van der Waals surface area contributed by atoms with Crippen molar-refractivity contribution in [1.82, 2.24) is 9.97 Å². The highest BCUT2D eigenvalue weighted by molar-refractivity contribution is 7.25. The van der Waals surface area contributed by atoms with Gasteiger partial charge in [0.25, 0.3) is 5.56 Å². The molecular formula is C6H3BN2OS. The van der Waals surface area contributed by atoms with E-state index in [4.69, 9.17) is 7.85 Å². The minimum atomic E-state index is -0.128. The average molecular weight is 162 g/mol. The third kappa shape index (κ3) is 0.972. The Hall–Kier alpha value is -1.10. The molecule has 0 amide bonds. The molecule has 0 atom stereocenters. The Labute approximate surface area is 67.5 Å². The number of nitrogens with zero attached hydrogens (tertiary/aromatic N) is 1. The van der Waals surface area contributed by atoms with Crippen molar-refractivity contribution in [3.05, 3.63) is 22.6 Å². The van der Waals surface area contributed by atoms with Crippen molar-refractivity contribution < 1.29 is 0 Å². The molecule has 11 heavy (non-hydrogen) atoms. The molecule has 0 aliphatic carbocycles. The van der Waals surface area contributed by atoms with Crippen molar-refractivity contribution in [2.45, 2.75) is 0 Å². The van der Waals surface area contributed by atoms with E-state index >= 15 is 0 Å². The fourth-order valence-corrected chi connectivity index (χ4v) is 1.61. The highest BCUT2D eigenvalue weighted by Crippen LogP contribution is 2.07. The second-order valence-corrected chi connectivity index (χ2v) is 3.10. The summed E-state index contributed by atoms with van der Waals surface area (Å²) >= 11 is 1.20. The Morgan fingerprint density at radius 2 is 2.45 bits per heavy atom.